The number of rotatable bonds is 4. The van der Waals surface area contributed by atoms with Crippen molar-refractivity contribution in [2.24, 2.45) is 0 Å². The summed E-state index contributed by atoms with van der Waals surface area (Å²) in [6.07, 6.45) is 0.719. The van der Waals surface area contributed by atoms with Crippen LogP contribution in [0.15, 0.2) is 42.5 Å². The van der Waals surface area contributed by atoms with Gasteiger partial charge in [0.25, 0.3) is 0 Å². The zero-order valence-electron chi connectivity index (χ0n) is 17.4. The molecule has 2 aromatic rings. The number of para-hydroxylation sites is 1. The molecule has 2 aliphatic rings. The van der Waals surface area contributed by atoms with Crippen molar-refractivity contribution in [2.45, 2.75) is 32.4 Å². The molecule has 6 nitrogen and oxygen atoms in total. The quantitative estimate of drug-likeness (QED) is 0.835. The van der Waals surface area contributed by atoms with E-state index in [0.717, 1.165) is 43.9 Å². The van der Waals surface area contributed by atoms with Crippen LogP contribution in [-0.4, -0.2) is 50.1 Å². The lowest BCUT2D eigenvalue weighted by atomic mass is 10.0. The number of carbonyl (C=O) groups is 1. The number of hydrogen-bond acceptors (Lipinski definition) is 5. The Balaban J connectivity index is 1.36. The number of hydrogen-bond donors (Lipinski definition) is 2. The molecule has 1 amide bonds. The maximum Gasteiger partial charge on any atom is 0.241 e. The molecule has 0 spiro atoms. The monoisotopic (exact) mass is 394 g/mol. The Bertz CT molecular complexity index is 877. The van der Waals surface area contributed by atoms with Gasteiger partial charge in [0.15, 0.2) is 0 Å². The second-order valence-corrected chi connectivity index (χ2v) is 7.97. The van der Waals surface area contributed by atoms with Crippen LogP contribution in [0.5, 0.6) is 5.75 Å². The minimum absolute atomic E-state index is 0.0660. The smallest absolute Gasteiger partial charge is 0.241 e. The Kier molecular flexibility index (Phi) is 5.74. The summed E-state index contributed by atoms with van der Waals surface area (Å²) in [5.74, 6) is 1.03. The van der Waals surface area contributed by atoms with Crippen LogP contribution >= 0.6 is 0 Å². The van der Waals surface area contributed by atoms with E-state index in [1.165, 1.54) is 16.8 Å². The van der Waals surface area contributed by atoms with Gasteiger partial charge in [-0.2, -0.15) is 0 Å². The molecule has 2 fully saturated rings. The van der Waals surface area contributed by atoms with Crippen LogP contribution in [0, 0.1) is 13.8 Å². The van der Waals surface area contributed by atoms with Crippen molar-refractivity contribution in [2.75, 3.05) is 38.2 Å². The fourth-order valence-corrected chi connectivity index (χ4v) is 4.32. The molecular weight excluding hydrogens is 364 g/mol. The van der Waals surface area contributed by atoms with Crippen LogP contribution < -0.4 is 20.5 Å². The molecule has 0 bridgehead atoms. The summed E-state index contributed by atoms with van der Waals surface area (Å²) >= 11 is 0. The summed E-state index contributed by atoms with van der Waals surface area (Å²) in [7, 11) is 1.68. The zero-order valence-corrected chi connectivity index (χ0v) is 17.4. The number of hydrazine groups is 1. The molecule has 6 heteroatoms. The number of ether oxygens (including phenoxy) is 1. The number of methoxy groups -OCH3 is 1. The predicted octanol–water partition coefficient (Wildman–Crippen LogP) is 2.57. The van der Waals surface area contributed by atoms with E-state index in [9.17, 15) is 4.79 Å². The van der Waals surface area contributed by atoms with Crippen LogP contribution in [0.25, 0.3) is 0 Å². The molecule has 2 saturated heterocycles. The summed E-state index contributed by atoms with van der Waals surface area (Å²) in [5.41, 5.74) is 11.4. The van der Waals surface area contributed by atoms with Gasteiger partial charge in [0.2, 0.25) is 5.91 Å². The average Bonchev–Trinajstić information content (AvgIpc) is 3.25. The van der Waals surface area contributed by atoms with Crippen molar-refractivity contribution >= 4 is 11.6 Å². The van der Waals surface area contributed by atoms with E-state index in [1.807, 2.05) is 29.2 Å². The Morgan fingerprint density at radius 3 is 2.55 bits per heavy atom. The van der Waals surface area contributed by atoms with Crippen LogP contribution in [0.4, 0.5) is 5.69 Å². The third kappa shape index (κ3) is 4.09. The molecular formula is C23H30N4O2. The molecule has 2 heterocycles. The first kappa shape index (κ1) is 19.7. The molecule has 0 aromatic heterocycles. The highest BCUT2D eigenvalue weighted by Crippen LogP contribution is 2.30. The van der Waals surface area contributed by atoms with E-state index < -0.39 is 0 Å². The highest BCUT2D eigenvalue weighted by atomic mass is 16.5. The molecule has 0 saturated carbocycles. The number of amides is 1. The normalized spacial score (nSPS) is 22.0. The number of anilines is 1. The number of carbonyl (C=O) groups excluding carboxylic acids is 1. The van der Waals surface area contributed by atoms with Crippen LogP contribution in [0.2, 0.25) is 0 Å². The van der Waals surface area contributed by atoms with Crippen molar-refractivity contribution in [3.8, 4) is 5.75 Å². The van der Waals surface area contributed by atoms with Gasteiger partial charge in [-0.05, 0) is 43.5 Å². The highest BCUT2D eigenvalue weighted by molar-refractivity contribution is 5.82. The third-order valence-electron chi connectivity index (χ3n) is 6.01. The Hall–Kier alpha value is -2.57. The standard InChI is InChI=1S/C23H30N4O2/c1-16-8-9-17(2)21(14-16)26-10-12-27(13-11-26)23(28)20-15-19(24-25-20)18-6-4-5-7-22(18)29-3/h4-9,14,19-20,24-25H,10-13,15H2,1-3H3. The van der Waals surface area contributed by atoms with E-state index in [-0.39, 0.29) is 18.0 Å². The Morgan fingerprint density at radius 1 is 1.03 bits per heavy atom. The molecule has 2 aliphatic heterocycles. The summed E-state index contributed by atoms with van der Waals surface area (Å²) in [5, 5.41) is 0. The molecule has 29 heavy (non-hydrogen) atoms. The van der Waals surface area contributed by atoms with Crippen molar-refractivity contribution in [1.29, 1.82) is 0 Å². The first-order chi connectivity index (χ1) is 14.1. The second kappa shape index (κ2) is 8.43. The van der Waals surface area contributed by atoms with Gasteiger partial charge in [0, 0.05) is 37.4 Å². The summed E-state index contributed by atoms with van der Waals surface area (Å²) < 4.78 is 5.47. The van der Waals surface area contributed by atoms with E-state index in [4.69, 9.17) is 4.74 Å². The topological polar surface area (TPSA) is 56.8 Å². The van der Waals surface area contributed by atoms with Gasteiger partial charge in [-0.3, -0.25) is 4.79 Å². The van der Waals surface area contributed by atoms with Gasteiger partial charge in [0.1, 0.15) is 11.8 Å². The van der Waals surface area contributed by atoms with Crippen LogP contribution in [0.3, 0.4) is 0 Å². The molecule has 2 unspecified atom stereocenters. The Morgan fingerprint density at radius 2 is 1.79 bits per heavy atom. The van der Waals surface area contributed by atoms with E-state index in [2.05, 4.69) is 47.8 Å². The zero-order chi connectivity index (χ0) is 20.4. The largest absolute Gasteiger partial charge is 0.496 e. The van der Waals surface area contributed by atoms with Crippen molar-refractivity contribution < 1.29 is 9.53 Å². The fraction of sp³-hybridized carbons (Fsp3) is 0.435. The van der Waals surface area contributed by atoms with Gasteiger partial charge < -0.3 is 14.5 Å². The van der Waals surface area contributed by atoms with Crippen molar-refractivity contribution in [3.05, 3.63) is 59.2 Å². The van der Waals surface area contributed by atoms with Gasteiger partial charge in [-0.25, -0.2) is 10.9 Å². The van der Waals surface area contributed by atoms with Crippen molar-refractivity contribution in [1.82, 2.24) is 15.8 Å². The lowest BCUT2D eigenvalue weighted by Gasteiger charge is -2.37. The van der Waals surface area contributed by atoms with Crippen LogP contribution in [-0.2, 0) is 4.79 Å². The summed E-state index contributed by atoms with van der Waals surface area (Å²) in [6, 6.07) is 14.4. The maximum atomic E-state index is 13.1. The van der Waals surface area contributed by atoms with Gasteiger partial charge in [-0.15, -0.1) is 0 Å². The summed E-state index contributed by atoms with van der Waals surface area (Å²) in [6.45, 7) is 7.52. The molecule has 154 valence electrons. The van der Waals surface area contributed by atoms with Gasteiger partial charge in [0.05, 0.1) is 13.2 Å². The average molecular weight is 395 g/mol. The van der Waals surface area contributed by atoms with E-state index in [1.54, 1.807) is 7.11 Å². The summed E-state index contributed by atoms with van der Waals surface area (Å²) in [4.78, 5) is 17.5. The lowest BCUT2D eigenvalue weighted by Crippen LogP contribution is -2.53. The Labute approximate surface area is 172 Å². The molecule has 2 atom stereocenters. The minimum Gasteiger partial charge on any atom is -0.496 e. The first-order valence-electron chi connectivity index (χ1n) is 10.3. The van der Waals surface area contributed by atoms with E-state index >= 15 is 0 Å². The molecule has 0 radical (unpaired) electrons. The maximum absolute atomic E-state index is 13.1. The van der Waals surface area contributed by atoms with Gasteiger partial charge in [-0.1, -0.05) is 30.3 Å². The highest BCUT2D eigenvalue weighted by Gasteiger charge is 2.35. The van der Waals surface area contributed by atoms with E-state index in [0.29, 0.717) is 0 Å². The molecule has 0 aliphatic carbocycles. The van der Waals surface area contributed by atoms with Crippen molar-refractivity contribution in [3.63, 3.8) is 0 Å². The number of piperazine rings is 1. The third-order valence-corrected chi connectivity index (χ3v) is 6.01. The van der Waals surface area contributed by atoms with Crippen LogP contribution in [0.1, 0.15) is 29.2 Å². The number of benzene rings is 2. The first-order valence-corrected chi connectivity index (χ1v) is 10.3. The minimum atomic E-state index is -0.211. The lowest BCUT2D eigenvalue weighted by molar-refractivity contribution is -0.133. The number of nitrogens with one attached hydrogen (secondary N) is 2. The SMILES string of the molecule is COc1ccccc1C1CC(C(=O)N2CCN(c3cc(C)ccc3C)CC2)NN1. The number of nitrogens with zero attached hydrogens (tertiary/aromatic N) is 2. The van der Waals surface area contributed by atoms with Gasteiger partial charge >= 0.3 is 0 Å². The molecule has 4 rings (SSSR count). The second-order valence-electron chi connectivity index (χ2n) is 7.97. The molecule has 2 N–H and O–H groups in total. The fourth-order valence-electron chi connectivity index (χ4n) is 4.32. The predicted molar refractivity (Wildman–Crippen MR) is 115 cm³/mol. The molecule has 2 aromatic carbocycles. The number of aryl methyl sites for hydroxylation is 2.